The first kappa shape index (κ1) is 13.7. The normalized spacial score (nSPS) is 11.8. The smallest absolute Gasteiger partial charge is 0.435 e. The zero-order chi connectivity index (χ0) is 13.2. The largest absolute Gasteiger partial charge is 0.492 e. The number of halogens is 5. The molecule has 0 aliphatic heterocycles. The lowest BCUT2D eigenvalue weighted by atomic mass is 9.78. The van der Waals surface area contributed by atoms with Gasteiger partial charge in [0, 0.05) is 5.46 Å². The Morgan fingerprint density at radius 3 is 2.18 bits per heavy atom. The molecule has 0 aromatic heterocycles. The third-order valence-corrected chi connectivity index (χ3v) is 1.83. The predicted molar refractivity (Wildman–Crippen MR) is 47.9 cm³/mol. The molecule has 0 aliphatic rings. The molecule has 2 N–H and O–H groups in total. The van der Waals surface area contributed by atoms with Crippen LogP contribution in [0.15, 0.2) is 18.2 Å². The lowest BCUT2D eigenvalue weighted by molar-refractivity contribution is -0.137. The van der Waals surface area contributed by atoms with Crippen molar-refractivity contribution in [1.82, 2.24) is 0 Å². The molecule has 1 rings (SSSR count). The Hall–Kier alpha value is -1.35. The number of benzene rings is 1. The fraction of sp³-hybridized carbons (Fsp3) is 0.250. The van der Waals surface area contributed by atoms with E-state index in [2.05, 4.69) is 4.74 Å². The summed E-state index contributed by atoms with van der Waals surface area (Å²) in [4.78, 5) is 0. The quantitative estimate of drug-likeness (QED) is 0.626. The van der Waals surface area contributed by atoms with Crippen molar-refractivity contribution in [3.05, 3.63) is 23.8 Å². The fourth-order valence-electron chi connectivity index (χ4n) is 1.13. The SMILES string of the molecule is OB(O)c1cc(C(F)(F)F)ccc1OC(F)F. The second-order valence-corrected chi connectivity index (χ2v) is 3.00. The van der Waals surface area contributed by atoms with Gasteiger partial charge in [0.1, 0.15) is 5.75 Å². The summed E-state index contributed by atoms with van der Waals surface area (Å²) in [7, 11) is -2.34. The van der Waals surface area contributed by atoms with Crippen LogP contribution in [0.5, 0.6) is 5.75 Å². The minimum atomic E-state index is -4.72. The van der Waals surface area contributed by atoms with Crippen molar-refractivity contribution in [2.75, 3.05) is 0 Å². The van der Waals surface area contributed by atoms with Crippen LogP contribution in [0.3, 0.4) is 0 Å². The van der Waals surface area contributed by atoms with E-state index in [1.807, 2.05) is 0 Å². The molecular formula is C8H6BF5O3. The second-order valence-electron chi connectivity index (χ2n) is 3.00. The molecule has 0 spiro atoms. The summed E-state index contributed by atoms with van der Waals surface area (Å²) in [5.74, 6) is -0.719. The van der Waals surface area contributed by atoms with E-state index in [0.717, 1.165) is 0 Å². The van der Waals surface area contributed by atoms with E-state index in [0.29, 0.717) is 18.2 Å². The van der Waals surface area contributed by atoms with E-state index in [-0.39, 0.29) is 0 Å². The molecule has 3 nitrogen and oxygen atoms in total. The van der Waals surface area contributed by atoms with Crippen molar-refractivity contribution < 1.29 is 36.7 Å². The molecule has 9 heteroatoms. The van der Waals surface area contributed by atoms with Crippen molar-refractivity contribution in [3.8, 4) is 5.75 Å². The number of hydrogen-bond acceptors (Lipinski definition) is 3. The van der Waals surface area contributed by atoms with Gasteiger partial charge in [-0.25, -0.2) is 0 Å². The fourth-order valence-corrected chi connectivity index (χ4v) is 1.13. The molecule has 94 valence electrons. The van der Waals surface area contributed by atoms with Crippen LogP contribution in [-0.2, 0) is 6.18 Å². The van der Waals surface area contributed by atoms with Gasteiger partial charge in [0.2, 0.25) is 0 Å². The Balaban J connectivity index is 3.18. The van der Waals surface area contributed by atoms with E-state index >= 15 is 0 Å². The van der Waals surface area contributed by atoms with Crippen LogP contribution < -0.4 is 10.2 Å². The number of ether oxygens (including phenoxy) is 1. The summed E-state index contributed by atoms with van der Waals surface area (Å²) in [6.45, 7) is -3.27. The van der Waals surface area contributed by atoms with Crippen molar-refractivity contribution >= 4 is 12.6 Å². The molecule has 0 aliphatic carbocycles. The third-order valence-electron chi connectivity index (χ3n) is 1.83. The average molecular weight is 256 g/mol. The van der Waals surface area contributed by atoms with E-state index in [9.17, 15) is 22.0 Å². The van der Waals surface area contributed by atoms with Gasteiger partial charge >= 0.3 is 19.9 Å². The molecule has 0 saturated heterocycles. The highest BCUT2D eigenvalue weighted by molar-refractivity contribution is 6.59. The van der Waals surface area contributed by atoms with Crippen molar-refractivity contribution in [3.63, 3.8) is 0 Å². The van der Waals surface area contributed by atoms with Crippen LogP contribution >= 0.6 is 0 Å². The Morgan fingerprint density at radius 2 is 1.76 bits per heavy atom. The molecule has 0 saturated carbocycles. The standard InChI is InChI=1S/C8H6BF5O3/c10-7(11)17-6-2-1-4(8(12,13)14)3-5(6)9(15)16/h1-3,7,15-16H. The molecule has 0 bridgehead atoms. The molecule has 1 aromatic rings. The lowest BCUT2D eigenvalue weighted by Crippen LogP contribution is -2.33. The van der Waals surface area contributed by atoms with Crippen LogP contribution in [0.25, 0.3) is 0 Å². The van der Waals surface area contributed by atoms with Gasteiger partial charge in [-0.15, -0.1) is 0 Å². The van der Waals surface area contributed by atoms with Crippen LogP contribution in [-0.4, -0.2) is 23.8 Å². The minimum Gasteiger partial charge on any atom is -0.435 e. The highest BCUT2D eigenvalue weighted by Crippen LogP contribution is 2.29. The Kier molecular flexibility index (Phi) is 3.94. The van der Waals surface area contributed by atoms with Gasteiger partial charge in [-0.05, 0) is 18.2 Å². The summed E-state index contributed by atoms with van der Waals surface area (Å²) >= 11 is 0. The molecule has 0 heterocycles. The van der Waals surface area contributed by atoms with Gasteiger partial charge < -0.3 is 14.8 Å². The van der Waals surface area contributed by atoms with Gasteiger partial charge in [-0.3, -0.25) is 0 Å². The monoisotopic (exact) mass is 256 g/mol. The van der Waals surface area contributed by atoms with Crippen LogP contribution in [0, 0.1) is 0 Å². The van der Waals surface area contributed by atoms with E-state index in [4.69, 9.17) is 10.0 Å². The maximum atomic E-state index is 12.3. The summed E-state index contributed by atoms with van der Waals surface area (Å²) in [6.07, 6.45) is -4.72. The number of alkyl halides is 5. The first-order valence-corrected chi connectivity index (χ1v) is 4.24. The first-order valence-electron chi connectivity index (χ1n) is 4.24. The molecule has 0 atom stereocenters. The predicted octanol–water partition coefficient (Wildman–Crippen LogP) is 0.987. The Morgan fingerprint density at radius 1 is 1.18 bits per heavy atom. The van der Waals surface area contributed by atoms with Gasteiger partial charge in [0.25, 0.3) is 0 Å². The Labute approximate surface area is 92.6 Å². The average Bonchev–Trinajstić information content (AvgIpc) is 2.15. The molecule has 17 heavy (non-hydrogen) atoms. The third kappa shape index (κ3) is 3.57. The van der Waals surface area contributed by atoms with Crippen LogP contribution in [0.2, 0.25) is 0 Å². The van der Waals surface area contributed by atoms with E-state index < -0.39 is 36.7 Å². The maximum Gasteiger partial charge on any atom is 0.492 e. The molecule has 0 amide bonds. The highest BCUT2D eigenvalue weighted by atomic mass is 19.4. The number of rotatable bonds is 3. The van der Waals surface area contributed by atoms with E-state index in [1.165, 1.54) is 0 Å². The maximum absolute atomic E-state index is 12.3. The van der Waals surface area contributed by atoms with Crippen LogP contribution in [0.1, 0.15) is 5.56 Å². The number of hydrogen-bond donors (Lipinski definition) is 2. The zero-order valence-electron chi connectivity index (χ0n) is 8.08. The lowest BCUT2D eigenvalue weighted by Gasteiger charge is -2.13. The summed E-state index contributed by atoms with van der Waals surface area (Å²) in [6, 6.07) is 1.44. The minimum absolute atomic E-state index is 0.336. The van der Waals surface area contributed by atoms with Gasteiger partial charge in [0.15, 0.2) is 0 Å². The van der Waals surface area contributed by atoms with Gasteiger partial charge in [-0.1, -0.05) is 0 Å². The molecule has 0 radical (unpaired) electrons. The van der Waals surface area contributed by atoms with E-state index in [1.54, 1.807) is 0 Å². The second kappa shape index (κ2) is 4.88. The zero-order valence-corrected chi connectivity index (χ0v) is 8.08. The van der Waals surface area contributed by atoms with Gasteiger partial charge in [0.05, 0.1) is 5.56 Å². The molecule has 0 fully saturated rings. The van der Waals surface area contributed by atoms with Crippen LogP contribution in [0.4, 0.5) is 22.0 Å². The van der Waals surface area contributed by atoms with Crippen molar-refractivity contribution in [2.24, 2.45) is 0 Å². The molecular weight excluding hydrogens is 250 g/mol. The summed E-state index contributed by atoms with van der Waals surface area (Å²) < 4.78 is 64.5. The summed E-state index contributed by atoms with van der Waals surface area (Å²) in [5, 5.41) is 17.5. The Bertz CT molecular complexity index is 393. The van der Waals surface area contributed by atoms with Gasteiger partial charge in [-0.2, -0.15) is 22.0 Å². The van der Waals surface area contributed by atoms with Crippen molar-refractivity contribution in [2.45, 2.75) is 12.8 Å². The highest BCUT2D eigenvalue weighted by Gasteiger charge is 2.33. The topological polar surface area (TPSA) is 49.7 Å². The summed E-state index contributed by atoms with van der Waals surface area (Å²) in [5.41, 5.74) is -1.97. The molecule has 0 unspecified atom stereocenters. The van der Waals surface area contributed by atoms with Crippen molar-refractivity contribution in [1.29, 1.82) is 0 Å². The molecule has 1 aromatic carbocycles. The first-order chi connectivity index (χ1) is 7.71.